The Hall–Kier alpha value is -5.39. The number of aromatic nitrogens is 6. The van der Waals surface area contributed by atoms with Gasteiger partial charge in [-0.3, -0.25) is 14.4 Å². The second kappa shape index (κ2) is 13.8. The molecule has 2 aromatic carbocycles. The van der Waals surface area contributed by atoms with Gasteiger partial charge in [-0.15, -0.1) is 5.10 Å². The average molecular weight is 766 g/mol. The quantitative estimate of drug-likeness (QED) is 0.232. The third kappa shape index (κ3) is 6.67. The van der Waals surface area contributed by atoms with Gasteiger partial charge in [-0.05, 0) is 64.5 Å². The van der Waals surface area contributed by atoms with Crippen molar-refractivity contribution in [1.29, 1.82) is 0 Å². The van der Waals surface area contributed by atoms with Crippen LogP contribution in [0.1, 0.15) is 64.4 Å². The van der Waals surface area contributed by atoms with Gasteiger partial charge in [0.1, 0.15) is 18.5 Å². The highest BCUT2D eigenvalue weighted by Crippen LogP contribution is 2.48. The number of hydrogen-bond acceptors (Lipinski definition) is 10. The third-order valence-corrected chi connectivity index (χ3v) is 9.99. The molecule has 0 bridgehead atoms. The first kappa shape index (κ1) is 36.9. The van der Waals surface area contributed by atoms with Gasteiger partial charge >= 0.3 is 6.18 Å². The molecule has 1 spiro atoms. The first-order valence-corrected chi connectivity index (χ1v) is 17.4. The minimum Gasteiger partial charge on any atom is -0.504 e. The van der Waals surface area contributed by atoms with Crippen molar-refractivity contribution in [3.63, 3.8) is 0 Å². The number of fused-ring (bicyclic) bond motifs is 3. The molecule has 2 amide bonds. The predicted octanol–water partition coefficient (Wildman–Crippen LogP) is 4.96. The molecular weight excluding hydrogens is 731 g/mol. The predicted molar refractivity (Wildman–Crippen MR) is 190 cm³/mol. The number of amides is 2. The van der Waals surface area contributed by atoms with Crippen LogP contribution in [-0.4, -0.2) is 83.0 Å². The van der Waals surface area contributed by atoms with Crippen molar-refractivity contribution in [3.05, 3.63) is 97.9 Å². The summed E-state index contributed by atoms with van der Waals surface area (Å²) in [6.45, 7) is 3.88. The van der Waals surface area contributed by atoms with Crippen LogP contribution in [-0.2, 0) is 34.4 Å². The van der Waals surface area contributed by atoms with E-state index in [1.54, 1.807) is 13.8 Å². The van der Waals surface area contributed by atoms with Crippen molar-refractivity contribution < 1.29 is 32.6 Å². The molecule has 1 atom stereocenters. The molecule has 3 aromatic heterocycles. The van der Waals surface area contributed by atoms with Crippen LogP contribution in [0.2, 0.25) is 5.02 Å². The van der Waals surface area contributed by atoms with Crippen LogP contribution in [0.4, 0.5) is 18.9 Å². The molecule has 1 unspecified atom stereocenters. The minimum atomic E-state index is -4.63. The summed E-state index contributed by atoms with van der Waals surface area (Å²) in [4.78, 5) is 57.7. The molecule has 1 fully saturated rings. The van der Waals surface area contributed by atoms with Crippen molar-refractivity contribution in [2.45, 2.75) is 57.7 Å². The zero-order chi connectivity index (χ0) is 38.7. The Morgan fingerprint density at radius 2 is 1.81 bits per heavy atom. The van der Waals surface area contributed by atoms with E-state index in [0.717, 1.165) is 28.3 Å². The molecule has 2 N–H and O–H groups in total. The number of nitrogens with one attached hydrogen (secondary N) is 1. The molecule has 18 heteroatoms. The van der Waals surface area contributed by atoms with E-state index in [9.17, 15) is 32.7 Å². The highest BCUT2D eigenvalue weighted by molar-refractivity contribution is 6.33. The number of likely N-dealkylation sites (tertiary alicyclic amines) is 1. The summed E-state index contributed by atoms with van der Waals surface area (Å²) in [5.74, 6) is -1.18. The van der Waals surface area contributed by atoms with Gasteiger partial charge in [-0.2, -0.15) is 22.7 Å². The lowest BCUT2D eigenvalue weighted by Gasteiger charge is -2.39. The van der Waals surface area contributed by atoms with E-state index in [0.29, 0.717) is 17.8 Å². The van der Waals surface area contributed by atoms with Crippen LogP contribution < -0.4 is 10.9 Å². The second-order valence-electron chi connectivity index (χ2n) is 13.7. The van der Waals surface area contributed by atoms with Crippen LogP contribution in [0.3, 0.4) is 0 Å². The Bertz CT molecular complexity index is 2350. The molecule has 282 valence electrons. The summed E-state index contributed by atoms with van der Waals surface area (Å²) in [5, 5.41) is 17.3. The lowest BCUT2D eigenvalue weighted by molar-refractivity contribution is -0.137. The van der Waals surface area contributed by atoms with Gasteiger partial charge in [-0.1, -0.05) is 35.9 Å². The number of piperidine rings is 1. The second-order valence-corrected chi connectivity index (χ2v) is 14.1. The van der Waals surface area contributed by atoms with Crippen LogP contribution in [0.5, 0.6) is 5.75 Å². The summed E-state index contributed by atoms with van der Waals surface area (Å²) in [6.07, 6.45) is -3.75. The van der Waals surface area contributed by atoms with Gasteiger partial charge in [0.15, 0.2) is 17.3 Å². The normalized spacial score (nSPS) is 16.7. The molecule has 5 heterocycles. The summed E-state index contributed by atoms with van der Waals surface area (Å²) < 4.78 is 49.0. The molecule has 2 aliphatic rings. The van der Waals surface area contributed by atoms with Gasteiger partial charge in [0.25, 0.3) is 11.5 Å². The number of hydrogen-bond donors (Lipinski definition) is 2. The zero-order valence-corrected chi connectivity index (χ0v) is 30.4. The monoisotopic (exact) mass is 765 g/mol. The molecule has 14 nitrogen and oxygen atoms in total. The van der Waals surface area contributed by atoms with E-state index in [-0.39, 0.29) is 70.9 Å². The Morgan fingerprint density at radius 1 is 1.11 bits per heavy atom. The van der Waals surface area contributed by atoms with Crippen LogP contribution in [0.15, 0.2) is 53.6 Å². The minimum absolute atomic E-state index is 0.0360. The highest BCUT2D eigenvalue weighted by atomic mass is 35.5. The first-order valence-electron chi connectivity index (χ1n) is 17.0. The molecule has 0 radical (unpaired) electrons. The van der Waals surface area contributed by atoms with E-state index in [2.05, 4.69) is 20.4 Å². The van der Waals surface area contributed by atoms with Crippen LogP contribution in [0, 0.1) is 6.92 Å². The zero-order valence-electron chi connectivity index (χ0n) is 29.6. The van der Waals surface area contributed by atoms with Crippen molar-refractivity contribution in [1.82, 2.24) is 38.9 Å². The van der Waals surface area contributed by atoms with Crippen molar-refractivity contribution in [3.8, 4) is 17.1 Å². The maximum Gasteiger partial charge on any atom is 0.416 e. The highest BCUT2D eigenvalue weighted by Gasteiger charge is 2.50. The van der Waals surface area contributed by atoms with Gasteiger partial charge in [0.05, 0.1) is 39.3 Å². The number of nitrogens with zero attached hydrogens (tertiary/aromatic N) is 8. The standard InChI is InChI=1S/C36H35ClF3N9O5/c1-19-30(51)28(42-18-41-19)33(53)47-13-11-35(12-14-47)27-29(20(2)54-35)48(17-26(50)43-25-10-9-23(15-24(25)37)36(38,39)40)34-44-31(45-49(34)32(27)52)22-7-5-21(6-8-22)16-46(3)4/h5-10,15,18,20,51H,11-14,16-17H2,1-4H3,(H,43,50). The molecule has 0 aliphatic carbocycles. The number of carbonyl (C=O) groups excluding carboxylic acids is 2. The van der Waals surface area contributed by atoms with Crippen LogP contribution >= 0.6 is 11.6 Å². The maximum atomic E-state index is 14.5. The SMILES string of the molecule is Cc1ncnc(C(=O)N2CCC3(CC2)OC(C)c2c3c(=O)n3nc(-c4ccc(CN(C)C)cc4)nc3n2CC(=O)Nc2ccc(C(F)(F)F)cc2Cl)c1O. The summed E-state index contributed by atoms with van der Waals surface area (Å²) in [7, 11) is 3.91. The summed E-state index contributed by atoms with van der Waals surface area (Å²) >= 11 is 6.15. The number of anilines is 1. The third-order valence-electron chi connectivity index (χ3n) is 9.68. The molecular formula is C36H35ClF3N9O5. The van der Waals surface area contributed by atoms with Crippen LogP contribution in [0.25, 0.3) is 17.2 Å². The van der Waals surface area contributed by atoms with E-state index < -0.39 is 47.4 Å². The number of ether oxygens (including phenoxy) is 1. The van der Waals surface area contributed by atoms with E-state index >= 15 is 0 Å². The van der Waals surface area contributed by atoms with Gasteiger partial charge < -0.3 is 29.5 Å². The Morgan fingerprint density at radius 3 is 2.46 bits per heavy atom. The number of aryl methyl sites for hydroxylation is 1. The molecule has 5 aromatic rings. The average Bonchev–Trinajstić information content (AvgIpc) is 3.68. The molecule has 0 saturated carbocycles. The van der Waals surface area contributed by atoms with Gasteiger partial charge in [0, 0.05) is 25.2 Å². The van der Waals surface area contributed by atoms with E-state index in [1.165, 1.54) is 15.8 Å². The lowest BCUT2D eigenvalue weighted by Crippen LogP contribution is -2.47. The van der Waals surface area contributed by atoms with Gasteiger partial charge in [0.2, 0.25) is 11.7 Å². The lowest BCUT2D eigenvalue weighted by atomic mass is 9.85. The fraction of sp³-hybridized carbons (Fsp3) is 0.361. The number of alkyl halides is 3. The topological polar surface area (TPSA) is 160 Å². The fourth-order valence-corrected chi connectivity index (χ4v) is 7.35. The maximum absolute atomic E-state index is 14.5. The molecule has 7 rings (SSSR count). The number of benzene rings is 2. The number of carbonyl (C=O) groups is 2. The Labute approximate surface area is 311 Å². The molecule has 1 saturated heterocycles. The van der Waals surface area contributed by atoms with Crippen molar-refractivity contribution in [2.75, 3.05) is 32.5 Å². The Balaban J connectivity index is 1.27. The first-order chi connectivity index (χ1) is 25.6. The number of aromatic hydroxyl groups is 1. The number of halogens is 4. The van der Waals surface area contributed by atoms with Crippen molar-refractivity contribution in [2.24, 2.45) is 0 Å². The van der Waals surface area contributed by atoms with E-state index in [4.69, 9.17) is 21.3 Å². The molecule has 2 aliphatic heterocycles. The van der Waals surface area contributed by atoms with Gasteiger partial charge in [-0.25, -0.2) is 9.97 Å². The summed E-state index contributed by atoms with van der Waals surface area (Å²) in [5.41, 5.74) is -0.236. The molecule has 54 heavy (non-hydrogen) atoms. The number of rotatable bonds is 7. The van der Waals surface area contributed by atoms with E-state index in [1.807, 2.05) is 43.3 Å². The summed E-state index contributed by atoms with van der Waals surface area (Å²) in [6, 6.07) is 10.1. The van der Waals surface area contributed by atoms with Crippen molar-refractivity contribution >= 4 is 34.9 Å². The fourth-order valence-electron chi connectivity index (χ4n) is 7.12. The Kier molecular flexibility index (Phi) is 9.43. The largest absolute Gasteiger partial charge is 0.504 e. The smallest absolute Gasteiger partial charge is 0.416 e.